The molecule has 6 heteroatoms. The van der Waals surface area contributed by atoms with Crippen LogP contribution in [0.4, 0.5) is 0 Å². The number of nitrogens with zero attached hydrogens (tertiary/aromatic N) is 2. The van der Waals surface area contributed by atoms with Crippen molar-refractivity contribution in [3.8, 4) is 0 Å². The molecule has 0 unspecified atom stereocenters. The third-order valence-electron chi connectivity index (χ3n) is 3.32. The molecule has 2 rings (SSSR count). The van der Waals surface area contributed by atoms with E-state index in [0.717, 1.165) is 50.4 Å². The molecule has 0 spiro atoms. The van der Waals surface area contributed by atoms with Crippen LogP contribution in [0.15, 0.2) is 10.8 Å². The van der Waals surface area contributed by atoms with E-state index in [0.29, 0.717) is 12.0 Å². The van der Waals surface area contributed by atoms with E-state index >= 15 is 0 Å². The van der Waals surface area contributed by atoms with Crippen molar-refractivity contribution in [3.63, 3.8) is 0 Å². The SMILES string of the molecule is CC(C)Cc1ocnc1CN1CCC(N)CC1.Cl.Cl. The Morgan fingerprint density at radius 2 is 2.00 bits per heavy atom. The van der Waals surface area contributed by atoms with Crippen LogP contribution >= 0.6 is 24.8 Å². The molecule has 2 N–H and O–H groups in total. The minimum absolute atomic E-state index is 0. The Balaban J connectivity index is 0.00000162. The van der Waals surface area contributed by atoms with Gasteiger partial charge in [-0.1, -0.05) is 13.8 Å². The molecule has 2 heterocycles. The number of piperidine rings is 1. The Labute approximate surface area is 127 Å². The third kappa shape index (κ3) is 5.69. The fraction of sp³-hybridized carbons (Fsp3) is 0.769. The van der Waals surface area contributed by atoms with Gasteiger partial charge in [0.15, 0.2) is 6.39 Å². The van der Waals surface area contributed by atoms with Crippen molar-refractivity contribution in [2.24, 2.45) is 11.7 Å². The molecule has 112 valence electrons. The van der Waals surface area contributed by atoms with Crippen molar-refractivity contribution < 1.29 is 4.42 Å². The van der Waals surface area contributed by atoms with Crippen LogP contribution in [0.25, 0.3) is 0 Å². The Morgan fingerprint density at radius 1 is 1.37 bits per heavy atom. The lowest BCUT2D eigenvalue weighted by Crippen LogP contribution is -2.39. The summed E-state index contributed by atoms with van der Waals surface area (Å²) in [6.07, 6.45) is 4.74. The van der Waals surface area contributed by atoms with Gasteiger partial charge in [-0.3, -0.25) is 4.90 Å². The monoisotopic (exact) mass is 309 g/mol. The van der Waals surface area contributed by atoms with E-state index in [-0.39, 0.29) is 24.8 Å². The van der Waals surface area contributed by atoms with Crippen LogP contribution in [0.3, 0.4) is 0 Å². The van der Waals surface area contributed by atoms with Crippen LogP contribution in [-0.2, 0) is 13.0 Å². The minimum Gasteiger partial charge on any atom is -0.448 e. The van der Waals surface area contributed by atoms with Gasteiger partial charge in [0.05, 0.1) is 5.69 Å². The normalized spacial score (nSPS) is 17.1. The van der Waals surface area contributed by atoms with Crippen LogP contribution in [0, 0.1) is 5.92 Å². The predicted molar refractivity (Wildman–Crippen MR) is 82.0 cm³/mol. The van der Waals surface area contributed by atoms with Crippen LogP contribution in [0.2, 0.25) is 0 Å². The highest BCUT2D eigenvalue weighted by Crippen LogP contribution is 2.17. The topological polar surface area (TPSA) is 55.3 Å². The average molecular weight is 310 g/mol. The summed E-state index contributed by atoms with van der Waals surface area (Å²) >= 11 is 0. The first kappa shape index (κ1) is 18.7. The maximum atomic E-state index is 5.91. The molecule has 0 amide bonds. The van der Waals surface area contributed by atoms with Crippen molar-refractivity contribution in [2.45, 2.75) is 45.7 Å². The summed E-state index contributed by atoms with van der Waals surface area (Å²) in [5.41, 5.74) is 7.01. The van der Waals surface area contributed by atoms with E-state index in [1.807, 2.05) is 0 Å². The lowest BCUT2D eigenvalue weighted by Gasteiger charge is -2.29. The summed E-state index contributed by atoms with van der Waals surface area (Å²) in [6.45, 7) is 7.47. The van der Waals surface area contributed by atoms with Crippen LogP contribution in [-0.4, -0.2) is 29.0 Å². The van der Waals surface area contributed by atoms with E-state index in [9.17, 15) is 0 Å². The molecule has 1 aliphatic heterocycles. The average Bonchev–Trinajstić information content (AvgIpc) is 2.68. The smallest absolute Gasteiger partial charge is 0.181 e. The number of oxazole rings is 1. The first-order valence-corrected chi connectivity index (χ1v) is 6.54. The molecular weight excluding hydrogens is 285 g/mol. The summed E-state index contributed by atoms with van der Waals surface area (Å²) < 4.78 is 5.48. The summed E-state index contributed by atoms with van der Waals surface area (Å²) in [6, 6.07) is 0.388. The van der Waals surface area contributed by atoms with E-state index in [1.54, 1.807) is 6.39 Å². The molecule has 1 aromatic rings. The standard InChI is InChI=1S/C13H23N3O.2ClH/c1-10(2)7-13-12(15-9-17-13)8-16-5-3-11(14)4-6-16;;/h9-11H,3-8,14H2,1-2H3;2*1H. The first-order valence-electron chi connectivity index (χ1n) is 6.54. The molecule has 1 fully saturated rings. The second-order valence-corrected chi connectivity index (χ2v) is 5.43. The molecule has 0 aliphatic carbocycles. The molecule has 1 aliphatic rings. The molecule has 1 aromatic heterocycles. The number of likely N-dealkylation sites (tertiary alicyclic amines) is 1. The van der Waals surface area contributed by atoms with Gasteiger partial charge < -0.3 is 10.2 Å². The summed E-state index contributed by atoms with van der Waals surface area (Å²) in [5.74, 6) is 1.66. The van der Waals surface area contributed by atoms with Gasteiger partial charge in [-0.05, 0) is 18.8 Å². The molecular formula is C13H25Cl2N3O. The molecule has 0 aromatic carbocycles. The Bertz CT molecular complexity index is 349. The quantitative estimate of drug-likeness (QED) is 0.929. The highest BCUT2D eigenvalue weighted by Gasteiger charge is 2.19. The van der Waals surface area contributed by atoms with Crippen molar-refractivity contribution in [1.82, 2.24) is 9.88 Å². The Kier molecular flexibility index (Phi) is 8.66. The maximum Gasteiger partial charge on any atom is 0.181 e. The largest absolute Gasteiger partial charge is 0.448 e. The molecule has 19 heavy (non-hydrogen) atoms. The molecule has 0 radical (unpaired) electrons. The lowest BCUT2D eigenvalue weighted by atomic mass is 10.0. The summed E-state index contributed by atoms with van der Waals surface area (Å²) in [7, 11) is 0. The van der Waals surface area contributed by atoms with Crippen molar-refractivity contribution in [1.29, 1.82) is 0 Å². The van der Waals surface area contributed by atoms with E-state index in [2.05, 4.69) is 23.7 Å². The van der Waals surface area contributed by atoms with Gasteiger partial charge in [0.2, 0.25) is 0 Å². The van der Waals surface area contributed by atoms with E-state index in [1.165, 1.54) is 0 Å². The van der Waals surface area contributed by atoms with E-state index in [4.69, 9.17) is 10.2 Å². The zero-order valence-corrected chi connectivity index (χ0v) is 13.3. The summed E-state index contributed by atoms with van der Waals surface area (Å²) in [4.78, 5) is 6.76. The third-order valence-corrected chi connectivity index (χ3v) is 3.32. The summed E-state index contributed by atoms with van der Waals surface area (Å²) in [5, 5.41) is 0. The molecule has 1 saturated heterocycles. The van der Waals surface area contributed by atoms with Crippen LogP contribution in [0.1, 0.15) is 38.1 Å². The van der Waals surface area contributed by atoms with Gasteiger partial charge in [-0.25, -0.2) is 4.98 Å². The highest BCUT2D eigenvalue weighted by atomic mass is 35.5. The highest BCUT2D eigenvalue weighted by molar-refractivity contribution is 5.85. The zero-order chi connectivity index (χ0) is 12.3. The van der Waals surface area contributed by atoms with Gasteiger partial charge >= 0.3 is 0 Å². The molecule has 0 atom stereocenters. The van der Waals surface area contributed by atoms with Gasteiger partial charge in [-0.2, -0.15) is 0 Å². The number of aromatic nitrogens is 1. The second kappa shape index (κ2) is 8.80. The first-order chi connectivity index (χ1) is 8.15. The van der Waals surface area contributed by atoms with Gasteiger partial charge in [-0.15, -0.1) is 24.8 Å². The fourth-order valence-electron chi connectivity index (χ4n) is 2.28. The van der Waals surface area contributed by atoms with Crippen LogP contribution < -0.4 is 5.73 Å². The van der Waals surface area contributed by atoms with Crippen molar-refractivity contribution in [3.05, 3.63) is 17.8 Å². The predicted octanol–water partition coefficient (Wildman–Crippen LogP) is 2.64. The lowest BCUT2D eigenvalue weighted by molar-refractivity contribution is 0.202. The minimum atomic E-state index is 0. The van der Waals surface area contributed by atoms with Gasteiger partial charge in [0, 0.05) is 32.1 Å². The molecule has 0 bridgehead atoms. The van der Waals surface area contributed by atoms with Gasteiger partial charge in [0.1, 0.15) is 5.76 Å². The number of nitrogens with two attached hydrogens (primary N) is 1. The zero-order valence-electron chi connectivity index (χ0n) is 11.7. The number of hydrogen-bond acceptors (Lipinski definition) is 4. The second-order valence-electron chi connectivity index (χ2n) is 5.43. The number of rotatable bonds is 4. The van der Waals surface area contributed by atoms with Gasteiger partial charge in [0.25, 0.3) is 0 Å². The molecule has 4 nitrogen and oxygen atoms in total. The maximum absolute atomic E-state index is 5.91. The van der Waals surface area contributed by atoms with E-state index < -0.39 is 0 Å². The van der Waals surface area contributed by atoms with Crippen molar-refractivity contribution in [2.75, 3.05) is 13.1 Å². The fourth-order valence-corrected chi connectivity index (χ4v) is 2.28. The van der Waals surface area contributed by atoms with Crippen LogP contribution in [0.5, 0.6) is 0 Å². The number of halogens is 2. The van der Waals surface area contributed by atoms with Crippen molar-refractivity contribution >= 4 is 24.8 Å². The number of hydrogen-bond donors (Lipinski definition) is 1. The molecule has 0 saturated carbocycles. The Hall–Kier alpha value is -0.290. The Morgan fingerprint density at radius 3 is 2.58 bits per heavy atom.